The number of pyridine rings is 1. The molecule has 5 heteroatoms. The van der Waals surface area contributed by atoms with Gasteiger partial charge in [0.25, 0.3) is 11.5 Å². The highest BCUT2D eigenvalue weighted by atomic mass is 16.3. The SMILES string of the molecule is CC(O)c1ccccc1NC(=O)c1cc2ccccc2c(=O)[nH]1. The Balaban J connectivity index is 1.97. The molecule has 5 nitrogen and oxygen atoms in total. The lowest BCUT2D eigenvalue weighted by molar-refractivity contribution is 0.102. The van der Waals surface area contributed by atoms with Crippen molar-refractivity contribution in [3.63, 3.8) is 0 Å². The summed E-state index contributed by atoms with van der Waals surface area (Å²) < 4.78 is 0. The van der Waals surface area contributed by atoms with E-state index in [9.17, 15) is 14.7 Å². The smallest absolute Gasteiger partial charge is 0.272 e. The summed E-state index contributed by atoms with van der Waals surface area (Å²) in [5, 5.41) is 13.7. The number of carbonyl (C=O) groups excluding carboxylic acids is 1. The first-order valence-corrected chi connectivity index (χ1v) is 7.26. The monoisotopic (exact) mass is 308 g/mol. The zero-order chi connectivity index (χ0) is 16.4. The number of aromatic nitrogens is 1. The Morgan fingerprint density at radius 1 is 1.13 bits per heavy atom. The van der Waals surface area contributed by atoms with Gasteiger partial charge in [-0.3, -0.25) is 9.59 Å². The van der Waals surface area contributed by atoms with Crippen LogP contribution in [-0.2, 0) is 0 Å². The quantitative estimate of drug-likeness (QED) is 0.696. The summed E-state index contributed by atoms with van der Waals surface area (Å²) in [4.78, 5) is 27.1. The summed E-state index contributed by atoms with van der Waals surface area (Å²) in [6, 6.07) is 15.7. The molecule has 1 atom stereocenters. The first-order valence-electron chi connectivity index (χ1n) is 7.26. The second-order valence-electron chi connectivity index (χ2n) is 5.32. The number of carbonyl (C=O) groups is 1. The van der Waals surface area contributed by atoms with Gasteiger partial charge in [0.2, 0.25) is 0 Å². The fourth-order valence-corrected chi connectivity index (χ4v) is 2.50. The second kappa shape index (κ2) is 6.06. The van der Waals surface area contributed by atoms with E-state index in [0.717, 1.165) is 0 Å². The van der Waals surface area contributed by atoms with Crippen LogP contribution >= 0.6 is 0 Å². The van der Waals surface area contributed by atoms with Crippen LogP contribution in [0.15, 0.2) is 59.4 Å². The van der Waals surface area contributed by atoms with Crippen molar-refractivity contribution in [3.8, 4) is 0 Å². The van der Waals surface area contributed by atoms with Crippen molar-refractivity contribution in [3.05, 3.63) is 76.2 Å². The molecule has 0 saturated carbocycles. The number of para-hydroxylation sites is 1. The Bertz CT molecular complexity index is 929. The van der Waals surface area contributed by atoms with Crippen LogP contribution in [0.1, 0.15) is 29.1 Å². The molecule has 1 aromatic heterocycles. The van der Waals surface area contributed by atoms with E-state index in [1.807, 2.05) is 6.07 Å². The molecule has 0 spiro atoms. The van der Waals surface area contributed by atoms with Gasteiger partial charge in [-0.1, -0.05) is 36.4 Å². The standard InChI is InChI=1S/C18H16N2O3/c1-11(21)13-7-4-5-9-15(13)19-18(23)16-10-12-6-2-3-8-14(12)17(22)20-16/h2-11,21H,1H3,(H,19,23)(H,20,22). The maximum Gasteiger partial charge on any atom is 0.272 e. The molecule has 2 aromatic carbocycles. The van der Waals surface area contributed by atoms with Crippen molar-refractivity contribution in [2.75, 3.05) is 5.32 Å². The van der Waals surface area contributed by atoms with Gasteiger partial charge in [-0.15, -0.1) is 0 Å². The van der Waals surface area contributed by atoms with Crippen molar-refractivity contribution in [1.82, 2.24) is 4.98 Å². The summed E-state index contributed by atoms with van der Waals surface area (Å²) in [5.41, 5.74) is 0.997. The molecule has 0 fully saturated rings. The van der Waals surface area contributed by atoms with E-state index < -0.39 is 12.0 Å². The van der Waals surface area contributed by atoms with Crippen LogP contribution in [0, 0.1) is 0 Å². The minimum Gasteiger partial charge on any atom is -0.389 e. The molecule has 0 saturated heterocycles. The normalized spacial score (nSPS) is 12.1. The number of hydrogen-bond donors (Lipinski definition) is 3. The van der Waals surface area contributed by atoms with E-state index in [1.54, 1.807) is 55.5 Å². The first kappa shape index (κ1) is 15.0. The van der Waals surface area contributed by atoms with Crippen LogP contribution in [0.2, 0.25) is 0 Å². The van der Waals surface area contributed by atoms with Gasteiger partial charge in [-0.2, -0.15) is 0 Å². The third kappa shape index (κ3) is 3.00. The summed E-state index contributed by atoms with van der Waals surface area (Å²) in [6.45, 7) is 1.63. The molecule has 23 heavy (non-hydrogen) atoms. The number of fused-ring (bicyclic) bond motifs is 1. The molecule has 0 aliphatic heterocycles. The summed E-state index contributed by atoms with van der Waals surface area (Å²) >= 11 is 0. The van der Waals surface area contributed by atoms with E-state index in [0.29, 0.717) is 22.0 Å². The third-order valence-electron chi connectivity index (χ3n) is 3.66. The Kier molecular flexibility index (Phi) is 3.95. The molecule has 1 amide bonds. The molecule has 0 radical (unpaired) electrons. The maximum absolute atomic E-state index is 12.4. The number of aromatic amines is 1. The van der Waals surface area contributed by atoms with Crippen LogP contribution in [0.25, 0.3) is 10.8 Å². The number of aliphatic hydroxyl groups is 1. The number of hydrogen-bond acceptors (Lipinski definition) is 3. The van der Waals surface area contributed by atoms with Crippen molar-refractivity contribution in [2.24, 2.45) is 0 Å². The third-order valence-corrected chi connectivity index (χ3v) is 3.66. The highest BCUT2D eigenvalue weighted by Crippen LogP contribution is 2.22. The number of anilines is 1. The van der Waals surface area contributed by atoms with E-state index >= 15 is 0 Å². The lowest BCUT2D eigenvalue weighted by atomic mass is 10.1. The lowest BCUT2D eigenvalue weighted by Crippen LogP contribution is -2.19. The van der Waals surface area contributed by atoms with E-state index in [-0.39, 0.29) is 11.3 Å². The van der Waals surface area contributed by atoms with Gasteiger partial charge in [0, 0.05) is 16.6 Å². The average molecular weight is 308 g/mol. The molecular weight excluding hydrogens is 292 g/mol. The van der Waals surface area contributed by atoms with E-state index in [4.69, 9.17) is 0 Å². The summed E-state index contributed by atoms with van der Waals surface area (Å²) in [6.07, 6.45) is -0.706. The number of rotatable bonds is 3. The Morgan fingerprint density at radius 2 is 1.83 bits per heavy atom. The molecule has 0 bridgehead atoms. The Hall–Kier alpha value is -2.92. The predicted octanol–water partition coefficient (Wildman–Crippen LogP) is 2.83. The largest absolute Gasteiger partial charge is 0.389 e. The fraction of sp³-hybridized carbons (Fsp3) is 0.111. The molecule has 3 N–H and O–H groups in total. The van der Waals surface area contributed by atoms with Crippen LogP contribution in [0.3, 0.4) is 0 Å². The molecule has 1 heterocycles. The Labute approximate surface area is 132 Å². The molecule has 1 unspecified atom stereocenters. The molecule has 0 aliphatic rings. The second-order valence-corrected chi connectivity index (χ2v) is 5.32. The van der Waals surface area contributed by atoms with Crippen LogP contribution < -0.4 is 10.9 Å². The minimum absolute atomic E-state index is 0.175. The van der Waals surface area contributed by atoms with Gasteiger partial charge in [0.05, 0.1) is 6.10 Å². The zero-order valence-corrected chi connectivity index (χ0v) is 12.5. The number of H-pyrrole nitrogens is 1. The van der Waals surface area contributed by atoms with Crippen LogP contribution in [-0.4, -0.2) is 16.0 Å². The number of aliphatic hydroxyl groups excluding tert-OH is 1. The number of nitrogens with one attached hydrogen (secondary N) is 2. The highest BCUT2D eigenvalue weighted by Gasteiger charge is 2.13. The molecule has 116 valence electrons. The Morgan fingerprint density at radius 3 is 2.61 bits per heavy atom. The van der Waals surface area contributed by atoms with Gasteiger partial charge >= 0.3 is 0 Å². The number of benzene rings is 2. The van der Waals surface area contributed by atoms with Crippen molar-refractivity contribution in [2.45, 2.75) is 13.0 Å². The number of amides is 1. The fourth-order valence-electron chi connectivity index (χ4n) is 2.50. The summed E-state index contributed by atoms with van der Waals surface area (Å²) in [7, 11) is 0. The first-order chi connectivity index (χ1) is 11.1. The molecule has 3 rings (SSSR count). The average Bonchev–Trinajstić information content (AvgIpc) is 2.55. The maximum atomic E-state index is 12.4. The van der Waals surface area contributed by atoms with Crippen molar-refractivity contribution in [1.29, 1.82) is 0 Å². The van der Waals surface area contributed by atoms with Gasteiger partial charge in [0.15, 0.2) is 0 Å². The van der Waals surface area contributed by atoms with Crippen molar-refractivity contribution >= 4 is 22.4 Å². The van der Waals surface area contributed by atoms with Gasteiger partial charge < -0.3 is 15.4 Å². The highest BCUT2D eigenvalue weighted by molar-refractivity contribution is 6.05. The van der Waals surface area contributed by atoms with Gasteiger partial charge in [0.1, 0.15) is 5.69 Å². The van der Waals surface area contributed by atoms with Crippen LogP contribution in [0.4, 0.5) is 5.69 Å². The van der Waals surface area contributed by atoms with Gasteiger partial charge in [-0.25, -0.2) is 0 Å². The van der Waals surface area contributed by atoms with Crippen molar-refractivity contribution < 1.29 is 9.90 Å². The minimum atomic E-state index is -0.706. The van der Waals surface area contributed by atoms with E-state index in [1.165, 1.54) is 0 Å². The van der Waals surface area contributed by atoms with E-state index in [2.05, 4.69) is 10.3 Å². The molecular formula is C18H16N2O3. The summed E-state index contributed by atoms with van der Waals surface area (Å²) in [5.74, 6) is -0.430. The predicted molar refractivity (Wildman–Crippen MR) is 89.6 cm³/mol. The topological polar surface area (TPSA) is 82.2 Å². The molecule has 3 aromatic rings. The van der Waals surface area contributed by atoms with Gasteiger partial charge in [-0.05, 0) is 30.5 Å². The molecule has 0 aliphatic carbocycles. The lowest BCUT2D eigenvalue weighted by Gasteiger charge is -2.13. The zero-order valence-electron chi connectivity index (χ0n) is 12.5. The van der Waals surface area contributed by atoms with Crippen LogP contribution in [0.5, 0.6) is 0 Å².